The largest absolute Gasteiger partial charge is 0.469 e. The second kappa shape index (κ2) is 9.86. The Hall–Kier alpha value is -2.71. The number of benzene rings is 2. The first kappa shape index (κ1) is 22.0. The number of rotatable bonds is 8. The van der Waals surface area contributed by atoms with Gasteiger partial charge in [-0.1, -0.05) is 24.3 Å². The van der Waals surface area contributed by atoms with E-state index in [0.29, 0.717) is 25.3 Å². The highest BCUT2D eigenvalue weighted by atomic mass is 32.2. The molecule has 30 heavy (non-hydrogen) atoms. The molecule has 1 saturated heterocycles. The number of carbonyl (C=O) groups excluding carboxylic acids is 2. The number of esters is 2. The summed E-state index contributed by atoms with van der Waals surface area (Å²) >= 11 is 0. The van der Waals surface area contributed by atoms with E-state index in [9.17, 15) is 18.0 Å². The summed E-state index contributed by atoms with van der Waals surface area (Å²) in [6.07, 6.45) is 2.57. The maximum Gasteiger partial charge on any atom is 0.311 e. The molecule has 0 amide bonds. The summed E-state index contributed by atoms with van der Waals surface area (Å²) in [5.74, 6) is -0.316. The summed E-state index contributed by atoms with van der Waals surface area (Å²) in [6, 6.07) is 13.3. The van der Waals surface area contributed by atoms with E-state index in [0.717, 1.165) is 24.0 Å². The van der Waals surface area contributed by atoms with Gasteiger partial charge in [0.05, 0.1) is 18.4 Å². The second-order valence-corrected chi connectivity index (χ2v) is 9.06. The summed E-state index contributed by atoms with van der Waals surface area (Å²) in [5.41, 5.74) is 1.63. The number of aryl methyl sites for hydroxylation is 1. The highest BCUT2D eigenvalue weighted by molar-refractivity contribution is 7.89. The van der Waals surface area contributed by atoms with Gasteiger partial charge in [0.25, 0.3) is 0 Å². The Kier molecular flexibility index (Phi) is 7.23. The third kappa shape index (κ3) is 5.67. The predicted octanol–water partition coefficient (Wildman–Crippen LogP) is 2.72. The molecule has 0 aliphatic carbocycles. The van der Waals surface area contributed by atoms with E-state index in [1.807, 2.05) is 0 Å². The van der Waals surface area contributed by atoms with Gasteiger partial charge >= 0.3 is 11.9 Å². The number of hydrogen-bond acceptors (Lipinski definition) is 6. The Morgan fingerprint density at radius 3 is 2.10 bits per heavy atom. The van der Waals surface area contributed by atoms with Crippen molar-refractivity contribution in [2.45, 2.75) is 37.0 Å². The Morgan fingerprint density at radius 1 is 0.900 bits per heavy atom. The zero-order chi connectivity index (χ0) is 21.6. The van der Waals surface area contributed by atoms with Crippen LogP contribution in [0, 0.1) is 0 Å². The van der Waals surface area contributed by atoms with E-state index in [1.54, 1.807) is 48.5 Å². The van der Waals surface area contributed by atoms with Crippen molar-refractivity contribution < 1.29 is 27.5 Å². The number of hydrogen-bond donors (Lipinski definition) is 0. The minimum atomic E-state index is -3.43. The minimum Gasteiger partial charge on any atom is -0.469 e. The molecule has 1 aliphatic heterocycles. The first-order chi connectivity index (χ1) is 14.4. The van der Waals surface area contributed by atoms with Gasteiger partial charge in [-0.15, -0.1) is 0 Å². The molecular weight excluding hydrogens is 406 g/mol. The smallest absolute Gasteiger partial charge is 0.311 e. The van der Waals surface area contributed by atoms with Crippen LogP contribution in [0.25, 0.3) is 0 Å². The molecule has 0 saturated carbocycles. The number of carbonyl (C=O) groups is 2. The molecule has 2 aromatic rings. The van der Waals surface area contributed by atoms with Crippen molar-refractivity contribution in [1.29, 1.82) is 0 Å². The molecule has 0 spiro atoms. The van der Waals surface area contributed by atoms with Crippen LogP contribution in [0.5, 0.6) is 5.75 Å². The molecule has 1 aliphatic rings. The zero-order valence-electron chi connectivity index (χ0n) is 16.9. The molecule has 7 nitrogen and oxygen atoms in total. The van der Waals surface area contributed by atoms with E-state index < -0.39 is 10.0 Å². The monoisotopic (exact) mass is 431 g/mol. The molecule has 160 valence electrons. The summed E-state index contributed by atoms with van der Waals surface area (Å²) in [4.78, 5) is 23.6. The Labute approximate surface area is 176 Å². The molecular formula is C22H25NO6S. The number of nitrogens with zero attached hydrogens (tertiary/aromatic N) is 1. The standard InChI is InChI=1S/C22H25NO6S/c1-28-22(25)16-18-4-9-19(10-5-18)29-21(24)13-8-17-6-11-20(12-7-17)30(26,27)23-14-2-3-15-23/h4-7,9-12H,2-3,8,13-16H2,1H3. The lowest BCUT2D eigenvalue weighted by molar-refractivity contribution is -0.140. The number of methoxy groups -OCH3 is 1. The van der Waals surface area contributed by atoms with E-state index >= 15 is 0 Å². The maximum absolute atomic E-state index is 12.5. The lowest BCUT2D eigenvalue weighted by Crippen LogP contribution is -2.27. The van der Waals surface area contributed by atoms with Crippen LogP contribution >= 0.6 is 0 Å². The van der Waals surface area contributed by atoms with E-state index in [4.69, 9.17) is 4.74 Å². The molecule has 1 heterocycles. The maximum atomic E-state index is 12.5. The van der Waals surface area contributed by atoms with Gasteiger partial charge in [0.15, 0.2) is 0 Å². The molecule has 0 radical (unpaired) electrons. The summed E-state index contributed by atoms with van der Waals surface area (Å²) in [5, 5.41) is 0. The molecule has 1 fully saturated rings. The number of ether oxygens (including phenoxy) is 2. The summed E-state index contributed by atoms with van der Waals surface area (Å²) in [6.45, 7) is 1.14. The highest BCUT2D eigenvalue weighted by Crippen LogP contribution is 2.21. The van der Waals surface area contributed by atoms with Crippen LogP contribution in [0.1, 0.15) is 30.4 Å². The van der Waals surface area contributed by atoms with Crippen LogP contribution in [-0.2, 0) is 37.2 Å². The molecule has 0 N–H and O–H groups in total. The molecule has 0 aromatic heterocycles. The molecule has 2 aromatic carbocycles. The number of sulfonamides is 1. The van der Waals surface area contributed by atoms with Crippen molar-refractivity contribution >= 4 is 22.0 Å². The molecule has 0 atom stereocenters. The molecule has 0 unspecified atom stereocenters. The molecule has 8 heteroatoms. The van der Waals surface area contributed by atoms with Crippen LogP contribution in [-0.4, -0.2) is 44.9 Å². The lowest BCUT2D eigenvalue weighted by atomic mass is 10.1. The predicted molar refractivity (Wildman–Crippen MR) is 111 cm³/mol. The second-order valence-electron chi connectivity index (χ2n) is 7.13. The van der Waals surface area contributed by atoms with Crippen LogP contribution in [0.15, 0.2) is 53.4 Å². The Bertz CT molecular complexity index is 977. The first-order valence-electron chi connectivity index (χ1n) is 9.84. The molecule has 0 bridgehead atoms. The van der Waals surface area contributed by atoms with Crippen molar-refractivity contribution in [3.8, 4) is 5.75 Å². The summed E-state index contributed by atoms with van der Waals surface area (Å²) < 4.78 is 36.5. The minimum absolute atomic E-state index is 0.161. The average molecular weight is 432 g/mol. The quantitative estimate of drug-likeness (QED) is 0.472. The third-order valence-corrected chi connectivity index (χ3v) is 6.89. The van der Waals surface area contributed by atoms with E-state index in [1.165, 1.54) is 11.4 Å². The SMILES string of the molecule is COC(=O)Cc1ccc(OC(=O)CCc2ccc(S(=O)(=O)N3CCCC3)cc2)cc1. The van der Waals surface area contributed by atoms with Gasteiger partial charge in [-0.05, 0) is 54.7 Å². The lowest BCUT2D eigenvalue weighted by Gasteiger charge is -2.15. The highest BCUT2D eigenvalue weighted by Gasteiger charge is 2.26. The summed E-state index contributed by atoms with van der Waals surface area (Å²) in [7, 11) is -2.10. The van der Waals surface area contributed by atoms with Gasteiger partial charge in [0.2, 0.25) is 10.0 Å². The third-order valence-electron chi connectivity index (χ3n) is 4.98. The van der Waals surface area contributed by atoms with Gasteiger partial charge in [-0.3, -0.25) is 9.59 Å². The van der Waals surface area contributed by atoms with Gasteiger partial charge < -0.3 is 9.47 Å². The normalized spacial score (nSPS) is 14.4. The van der Waals surface area contributed by atoms with Gasteiger partial charge in [-0.25, -0.2) is 8.42 Å². The Balaban J connectivity index is 1.50. The van der Waals surface area contributed by atoms with Crippen molar-refractivity contribution in [2.24, 2.45) is 0 Å². The fourth-order valence-electron chi connectivity index (χ4n) is 3.25. The van der Waals surface area contributed by atoms with Crippen LogP contribution in [0.4, 0.5) is 0 Å². The van der Waals surface area contributed by atoms with Gasteiger partial charge in [0, 0.05) is 19.5 Å². The van der Waals surface area contributed by atoms with Crippen LogP contribution in [0.3, 0.4) is 0 Å². The topological polar surface area (TPSA) is 90.0 Å². The Morgan fingerprint density at radius 2 is 1.50 bits per heavy atom. The van der Waals surface area contributed by atoms with Crippen molar-refractivity contribution in [3.63, 3.8) is 0 Å². The van der Waals surface area contributed by atoms with Crippen molar-refractivity contribution in [3.05, 3.63) is 59.7 Å². The van der Waals surface area contributed by atoms with Crippen LogP contribution < -0.4 is 4.74 Å². The fraction of sp³-hybridized carbons (Fsp3) is 0.364. The average Bonchev–Trinajstić information content (AvgIpc) is 3.30. The van der Waals surface area contributed by atoms with Crippen LogP contribution in [0.2, 0.25) is 0 Å². The van der Waals surface area contributed by atoms with E-state index in [-0.39, 0.29) is 29.7 Å². The van der Waals surface area contributed by atoms with Gasteiger partial charge in [-0.2, -0.15) is 4.31 Å². The van der Waals surface area contributed by atoms with Crippen molar-refractivity contribution in [1.82, 2.24) is 4.31 Å². The first-order valence-corrected chi connectivity index (χ1v) is 11.3. The van der Waals surface area contributed by atoms with Gasteiger partial charge in [0.1, 0.15) is 5.75 Å². The molecule has 3 rings (SSSR count). The van der Waals surface area contributed by atoms with Crippen molar-refractivity contribution in [2.75, 3.05) is 20.2 Å². The fourth-order valence-corrected chi connectivity index (χ4v) is 4.77. The van der Waals surface area contributed by atoms with E-state index in [2.05, 4.69) is 4.74 Å². The zero-order valence-corrected chi connectivity index (χ0v) is 17.7.